The lowest BCUT2D eigenvalue weighted by molar-refractivity contribution is -0.137. The zero-order chi connectivity index (χ0) is 17.8. The van der Waals surface area contributed by atoms with Gasteiger partial charge in [0.1, 0.15) is 23.0 Å². The summed E-state index contributed by atoms with van der Waals surface area (Å²) in [7, 11) is 0. The summed E-state index contributed by atoms with van der Waals surface area (Å²) in [6, 6.07) is 9.88. The molecule has 1 aromatic carbocycles. The number of thiophene rings is 1. The van der Waals surface area contributed by atoms with Crippen LogP contribution in [-0.4, -0.2) is 40.0 Å². The van der Waals surface area contributed by atoms with E-state index in [1.807, 2.05) is 35.7 Å². The fourth-order valence-corrected chi connectivity index (χ4v) is 3.40. The molecule has 0 aliphatic rings. The highest BCUT2D eigenvalue weighted by atomic mass is 32.1. The van der Waals surface area contributed by atoms with Gasteiger partial charge >= 0.3 is 5.97 Å². The number of benzene rings is 1. The second kappa shape index (κ2) is 7.27. The van der Waals surface area contributed by atoms with E-state index in [-0.39, 0.29) is 6.54 Å². The summed E-state index contributed by atoms with van der Waals surface area (Å²) in [5.74, 6) is -0.336. The van der Waals surface area contributed by atoms with Crippen molar-refractivity contribution in [3.05, 3.63) is 41.5 Å². The van der Waals surface area contributed by atoms with Crippen molar-refractivity contribution in [3.63, 3.8) is 0 Å². The summed E-state index contributed by atoms with van der Waals surface area (Å²) in [5.41, 5.74) is 2.04. The van der Waals surface area contributed by atoms with Crippen LogP contribution in [0.2, 0.25) is 0 Å². The fourth-order valence-electron chi connectivity index (χ4n) is 2.41. The number of anilines is 1. The Bertz CT molecular complexity index is 924. The maximum Gasteiger partial charge on any atom is 0.322 e. The molecule has 0 spiro atoms. The van der Waals surface area contributed by atoms with Crippen LogP contribution in [-0.2, 0) is 9.59 Å². The van der Waals surface area contributed by atoms with E-state index >= 15 is 0 Å². The number of amides is 1. The number of aliphatic carboxylic acids is 1. The van der Waals surface area contributed by atoms with Gasteiger partial charge in [-0.15, -0.1) is 11.3 Å². The van der Waals surface area contributed by atoms with Crippen molar-refractivity contribution >= 4 is 39.2 Å². The molecule has 3 rings (SSSR count). The molecule has 0 unspecified atom stereocenters. The molecule has 3 N–H and O–H groups in total. The molecule has 0 saturated heterocycles. The quantitative estimate of drug-likeness (QED) is 0.626. The van der Waals surface area contributed by atoms with Gasteiger partial charge in [-0.2, -0.15) is 0 Å². The number of hydrogen-bond donors (Lipinski definition) is 3. The van der Waals surface area contributed by atoms with E-state index in [1.54, 1.807) is 6.92 Å². The van der Waals surface area contributed by atoms with Gasteiger partial charge in [0.05, 0.1) is 11.9 Å². The summed E-state index contributed by atoms with van der Waals surface area (Å²) in [4.78, 5) is 32.0. The zero-order valence-corrected chi connectivity index (χ0v) is 14.3. The molecule has 1 amide bonds. The molecule has 0 saturated carbocycles. The van der Waals surface area contributed by atoms with Crippen LogP contribution >= 0.6 is 11.3 Å². The first-order valence-electron chi connectivity index (χ1n) is 7.58. The second-order valence-corrected chi connectivity index (χ2v) is 6.20. The number of carboxylic acids is 1. The first-order chi connectivity index (χ1) is 12.0. The van der Waals surface area contributed by atoms with Crippen molar-refractivity contribution in [1.29, 1.82) is 0 Å². The third-order valence-electron chi connectivity index (χ3n) is 3.48. The van der Waals surface area contributed by atoms with E-state index in [9.17, 15) is 9.59 Å². The van der Waals surface area contributed by atoms with Gasteiger partial charge in [0.15, 0.2) is 0 Å². The van der Waals surface area contributed by atoms with Crippen LogP contribution in [0.5, 0.6) is 0 Å². The molecule has 2 aromatic heterocycles. The van der Waals surface area contributed by atoms with Gasteiger partial charge in [0, 0.05) is 10.9 Å². The van der Waals surface area contributed by atoms with Crippen LogP contribution in [0, 0.1) is 6.92 Å². The first kappa shape index (κ1) is 16.8. The Balaban J connectivity index is 1.90. The number of nitrogens with one attached hydrogen (secondary N) is 2. The Kier molecular flexibility index (Phi) is 4.90. The SMILES string of the molecule is Cc1nc(NCC(=O)NCC(=O)O)c2c(-c3ccccc3)csc2n1. The van der Waals surface area contributed by atoms with Crippen molar-refractivity contribution in [2.24, 2.45) is 0 Å². The van der Waals surface area contributed by atoms with Gasteiger partial charge in [-0.3, -0.25) is 9.59 Å². The van der Waals surface area contributed by atoms with E-state index in [0.717, 1.165) is 21.3 Å². The van der Waals surface area contributed by atoms with E-state index in [2.05, 4.69) is 20.6 Å². The Labute approximate surface area is 147 Å². The van der Waals surface area contributed by atoms with Gasteiger partial charge in [-0.05, 0) is 12.5 Å². The fraction of sp³-hybridized carbons (Fsp3) is 0.176. The minimum atomic E-state index is -1.09. The zero-order valence-electron chi connectivity index (χ0n) is 13.4. The van der Waals surface area contributed by atoms with E-state index in [1.165, 1.54) is 11.3 Å². The van der Waals surface area contributed by atoms with Crippen LogP contribution in [0.4, 0.5) is 5.82 Å². The number of aryl methyl sites for hydroxylation is 1. The van der Waals surface area contributed by atoms with Crippen molar-refractivity contribution in [3.8, 4) is 11.1 Å². The topological polar surface area (TPSA) is 104 Å². The lowest BCUT2D eigenvalue weighted by Crippen LogP contribution is -2.34. The number of carboxylic acid groups (broad SMARTS) is 1. The molecular formula is C17H16N4O3S. The van der Waals surface area contributed by atoms with Crippen LogP contribution in [0.1, 0.15) is 5.82 Å². The molecule has 0 aliphatic heterocycles. The molecule has 0 aliphatic carbocycles. The summed E-state index contributed by atoms with van der Waals surface area (Å²) in [6.45, 7) is 1.31. The van der Waals surface area contributed by atoms with Crippen molar-refractivity contribution in [1.82, 2.24) is 15.3 Å². The smallest absolute Gasteiger partial charge is 0.322 e. The second-order valence-electron chi connectivity index (χ2n) is 5.34. The van der Waals surface area contributed by atoms with Gasteiger partial charge < -0.3 is 15.7 Å². The molecular weight excluding hydrogens is 340 g/mol. The minimum absolute atomic E-state index is 0.0666. The van der Waals surface area contributed by atoms with E-state index < -0.39 is 18.4 Å². The van der Waals surface area contributed by atoms with Gasteiger partial charge in [0.25, 0.3) is 0 Å². The standard InChI is InChI=1S/C17H16N4O3S/c1-10-20-16(19-7-13(22)18-8-14(23)24)15-12(9-25-17(15)21-10)11-5-3-2-4-6-11/h2-6,9H,7-8H2,1H3,(H,18,22)(H,23,24)(H,19,20,21). The molecule has 8 heteroatoms. The Morgan fingerprint density at radius 1 is 1.16 bits per heavy atom. The Hall–Kier alpha value is -3.00. The lowest BCUT2D eigenvalue weighted by Gasteiger charge is -2.09. The molecule has 0 bridgehead atoms. The van der Waals surface area contributed by atoms with E-state index in [0.29, 0.717) is 11.6 Å². The molecule has 0 radical (unpaired) electrons. The molecule has 0 fully saturated rings. The van der Waals surface area contributed by atoms with Gasteiger partial charge in [0.2, 0.25) is 5.91 Å². The Morgan fingerprint density at radius 3 is 2.64 bits per heavy atom. The van der Waals surface area contributed by atoms with Crippen LogP contribution in [0.25, 0.3) is 21.3 Å². The highest BCUT2D eigenvalue weighted by Gasteiger charge is 2.15. The maximum absolute atomic E-state index is 11.8. The van der Waals surface area contributed by atoms with Crippen LogP contribution in [0.3, 0.4) is 0 Å². The first-order valence-corrected chi connectivity index (χ1v) is 8.46. The van der Waals surface area contributed by atoms with Gasteiger partial charge in [-0.25, -0.2) is 9.97 Å². The summed E-state index contributed by atoms with van der Waals surface area (Å²) < 4.78 is 0. The highest BCUT2D eigenvalue weighted by Crippen LogP contribution is 2.36. The number of nitrogens with zero attached hydrogens (tertiary/aromatic N) is 2. The van der Waals surface area contributed by atoms with Crippen molar-refractivity contribution in [2.75, 3.05) is 18.4 Å². The minimum Gasteiger partial charge on any atom is -0.480 e. The average Bonchev–Trinajstić information content (AvgIpc) is 3.02. The number of carbonyl (C=O) groups excluding carboxylic acids is 1. The van der Waals surface area contributed by atoms with Crippen LogP contribution in [0.15, 0.2) is 35.7 Å². The third-order valence-corrected chi connectivity index (χ3v) is 4.36. The molecule has 0 atom stereocenters. The van der Waals surface area contributed by atoms with Crippen LogP contribution < -0.4 is 10.6 Å². The third kappa shape index (κ3) is 3.92. The lowest BCUT2D eigenvalue weighted by atomic mass is 10.1. The monoisotopic (exact) mass is 356 g/mol. The summed E-state index contributed by atoms with van der Waals surface area (Å²) >= 11 is 1.52. The number of fused-ring (bicyclic) bond motifs is 1. The number of aromatic nitrogens is 2. The molecule has 25 heavy (non-hydrogen) atoms. The number of rotatable bonds is 6. The van der Waals surface area contributed by atoms with Gasteiger partial charge in [-0.1, -0.05) is 30.3 Å². The van der Waals surface area contributed by atoms with Crippen molar-refractivity contribution in [2.45, 2.75) is 6.92 Å². The molecule has 3 aromatic rings. The normalized spacial score (nSPS) is 10.6. The largest absolute Gasteiger partial charge is 0.480 e. The predicted molar refractivity (Wildman–Crippen MR) is 96.7 cm³/mol. The molecule has 7 nitrogen and oxygen atoms in total. The summed E-state index contributed by atoms with van der Waals surface area (Å²) in [5, 5.41) is 16.8. The van der Waals surface area contributed by atoms with Crippen molar-refractivity contribution < 1.29 is 14.7 Å². The van der Waals surface area contributed by atoms with E-state index in [4.69, 9.17) is 5.11 Å². The number of carbonyl (C=O) groups is 2. The summed E-state index contributed by atoms with van der Waals surface area (Å²) in [6.07, 6.45) is 0. The molecule has 128 valence electrons. The highest BCUT2D eigenvalue weighted by molar-refractivity contribution is 7.17. The predicted octanol–water partition coefficient (Wildman–Crippen LogP) is 2.28. The Morgan fingerprint density at radius 2 is 1.92 bits per heavy atom. The molecule has 2 heterocycles. The maximum atomic E-state index is 11.8. The average molecular weight is 356 g/mol. The number of hydrogen-bond acceptors (Lipinski definition) is 6.